The van der Waals surface area contributed by atoms with Crippen molar-refractivity contribution in [3.05, 3.63) is 18.0 Å². The molecule has 6 nitrogen and oxygen atoms in total. The lowest BCUT2D eigenvalue weighted by atomic mass is 10.0. The van der Waals surface area contributed by atoms with Crippen LogP contribution in [0.5, 0.6) is 0 Å². The van der Waals surface area contributed by atoms with Crippen LogP contribution >= 0.6 is 0 Å². The van der Waals surface area contributed by atoms with Gasteiger partial charge in [-0.25, -0.2) is 0 Å². The maximum absolute atomic E-state index is 4.58. The molecule has 0 fully saturated rings. The van der Waals surface area contributed by atoms with Crippen molar-refractivity contribution in [1.82, 2.24) is 24.7 Å². The van der Waals surface area contributed by atoms with E-state index in [1.165, 1.54) is 0 Å². The smallest absolute Gasteiger partial charge is 0.178 e. The van der Waals surface area contributed by atoms with Gasteiger partial charge in [-0.1, -0.05) is 20.8 Å². The third kappa shape index (κ3) is 3.91. The number of nitrogens with one attached hydrogen (secondary N) is 1. The van der Waals surface area contributed by atoms with Gasteiger partial charge in [-0.05, 0) is 38.6 Å². The van der Waals surface area contributed by atoms with Crippen LogP contribution < -0.4 is 5.32 Å². The third-order valence-electron chi connectivity index (χ3n) is 3.64. The molecule has 0 aromatic carbocycles. The fourth-order valence-electron chi connectivity index (χ4n) is 2.39. The average Bonchev–Trinajstić information content (AvgIpc) is 2.85. The highest BCUT2D eigenvalue weighted by Crippen LogP contribution is 2.12. The van der Waals surface area contributed by atoms with E-state index in [0.29, 0.717) is 12.0 Å². The minimum absolute atomic E-state index is 0.494. The van der Waals surface area contributed by atoms with E-state index in [-0.39, 0.29) is 0 Å². The summed E-state index contributed by atoms with van der Waals surface area (Å²) in [4.78, 5) is 2.27. The summed E-state index contributed by atoms with van der Waals surface area (Å²) in [6.45, 7) is 7.45. The van der Waals surface area contributed by atoms with Crippen LogP contribution in [0.15, 0.2) is 12.1 Å². The van der Waals surface area contributed by atoms with Crippen LogP contribution in [0.3, 0.4) is 0 Å². The molecule has 116 valence electrons. The minimum atomic E-state index is 0.494. The fraction of sp³-hybridized carbons (Fsp3) is 0.667. The van der Waals surface area contributed by atoms with E-state index in [1.54, 1.807) is 0 Å². The van der Waals surface area contributed by atoms with Crippen LogP contribution in [-0.2, 0) is 6.42 Å². The summed E-state index contributed by atoms with van der Waals surface area (Å²) in [5.41, 5.74) is 0.795. The van der Waals surface area contributed by atoms with Gasteiger partial charge in [0.25, 0.3) is 0 Å². The summed E-state index contributed by atoms with van der Waals surface area (Å²) in [5, 5.41) is 16.3. The number of hydrogen-bond acceptors (Lipinski definition) is 5. The van der Waals surface area contributed by atoms with Crippen LogP contribution in [0.2, 0.25) is 0 Å². The monoisotopic (exact) mass is 290 g/mol. The van der Waals surface area contributed by atoms with Gasteiger partial charge in [-0.3, -0.25) is 0 Å². The zero-order chi connectivity index (χ0) is 15.4. The Bertz CT molecular complexity index is 575. The second-order valence-electron chi connectivity index (χ2n) is 6.09. The van der Waals surface area contributed by atoms with Crippen molar-refractivity contribution >= 4 is 11.5 Å². The first-order chi connectivity index (χ1) is 10.0. The third-order valence-corrected chi connectivity index (χ3v) is 3.64. The summed E-state index contributed by atoms with van der Waals surface area (Å²) in [7, 11) is 4.25. The molecule has 0 aliphatic carbocycles. The highest BCUT2D eigenvalue weighted by atomic mass is 15.4. The Morgan fingerprint density at radius 1 is 1.24 bits per heavy atom. The normalized spacial score (nSPS) is 13.3. The van der Waals surface area contributed by atoms with E-state index in [1.807, 2.05) is 16.6 Å². The fourth-order valence-corrected chi connectivity index (χ4v) is 2.39. The van der Waals surface area contributed by atoms with E-state index in [2.05, 4.69) is 60.4 Å². The second kappa shape index (κ2) is 6.85. The van der Waals surface area contributed by atoms with Crippen molar-refractivity contribution in [2.45, 2.75) is 39.7 Å². The molecule has 0 radical (unpaired) electrons. The van der Waals surface area contributed by atoms with Crippen LogP contribution in [0.4, 0.5) is 5.82 Å². The molecule has 0 saturated heterocycles. The maximum atomic E-state index is 4.58. The lowest BCUT2D eigenvalue weighted by Gasteiger charge is -2.26. The molecule has 1 N–H and O–H groups in total. The van der Waals surface area contributed by atoms with Crippen molar-refractivity contribution in [3.63, 3.8) is 0 Å². The molecular weight excluding hydrogens is 264 g/mol. The Hall–Kier alpha value is -1.69. The SMILES string of the molecule is CCc1nnc2ccc(NC[C@@H](CC(C)C)N(C)C)nn12. The topological polar surface area (TPSA) is 58.4 Å². The van der Waals surface area contributed by atoms with Gasteiger partial charge < -0.3 is 10.2 Å². The zero-order valence-electron chi connectivity index (χ0n) is 13.7. The number of fused-ring (bicyclic) bond motifs is 1. The first-order valence-electron chi connectivity index (χ1n) is 7.63. The number of hydrogen-bond donors (Lipinski definition) is 1. The molecule has 2 aromatic rings. The zero-order valence-corrected chi connectivity index (χ0v) is 13.7. The van der Waals surface area contributed by atoms with Crippen molar-refractivity contribution < 1.29 is 0 Å². The Morgan fingerprint density at radius 2 is 2.00 bits per heavy atom. The van der Waals surface area contributed by atoms with Crippen molar-refractivity contribution in [2.24, 2.45) is 5.92 Å². The minimum Gasteiger partial charge on any atom is -0.367 e. The molecule has 0 bridgehead atoms. The number of anilines is 1. The first kappa shape index (κ1) is 15.7. The van der Waals surface area contributed by atoms with Gasteiger partial charge >= 0.3 is 0 Å². The predicted molar refractivity (Wildman–Crippen MR) is 85.6 cm³/mol. The maximum Gasteiger partial charge on any atom is 0.178 e. The summed E-state index contributed by atoms with van der Waals surface area (Å²) in [6.07, 6.45) is 1.99. The predicted octanol–water partition coefficient (Wildman–Crippen LogP) is 2.07. The Kier molecular flexibility index (Phi) is 5.12. The van der Waals surface area contributed by atoms with E-state index >= 15 is 0 Å². The lowest BCUT2D eigenvalue weighted by molar-refractivity contribution is 0.265. The van der Waals surface area contributed by atoms with Crippen molar-refractivity contribution in [3.8, 4) is 0 Å². The molecule has 0 unspecified atom stereocenters. The number of aryl methyl sites for hydroxylation is 1. The van der Waals surface area contributed by atoms with Gasteiger partial charge in [0.2, 0.25) is 0 Å². The first-order valence-corrected chi connectivity index (χ1v) is 7.63. The van der Waals surface area contributed by atoms with Gasteiger partial charge in [-0.15, -0.1) is 15.3 Å². The molecule has 2 rings (SSSR count). The van der Waals surface area contributed by atoms with Gasteiger partial charge in [-0.2, -0.15) is 4.52 Å². The molecule has 1 atom stereocenters. The average molecular weight is 290 g/mol. The molecule has 6 heteroatoms. The molecule has 0 aliphatic rings. The quantitative estimate of drug-likeness (QED) is 0.846. The van der Waals surface area contributed by atoms with E-state index in [0.717, 1.165) is 36.7 Å². The lowest BCUT2D eigenvalue weighted by Crippen LogP contribution is -2.35. The second-order valence-corrected chi connectivity index (χ2v) is 6.09. The largest absolute Gasteiger partial charge is 0.367 e. The number of likely N-dealkylation sites (N-methyl/N-ethyl adjacent to an activating group) is 1. The molecule has 21 heavy (non-hydrogen) atoms. The number of nitrogens with zero attached hydrogens (tertiary/aromatic N) is 5. The van der Waals surface area contributed by atoms with Gasteiger partial charge in [0.1, 0.15) is 5.82 Å². The Morgan fingerprint density at radius 3 is 2.62 bits per heavy atom. The van der Waals surface area contributed by atoms with E-state index in [9.17, 15) is 0 Å². The van der Waals surface area contributed by atoms with Crippen molar-refractivity contribution in [2.75, 3.05) is 26.0 Å². The number of rotatable bonds is 7. The van der Waals surface area contributed by atoms with Crippen LogP contribution in [0.25, 0.3) is 5.65 Å². The van der Waals surface area contributed by atoms with Crippen molar-refractivity contribution in [1.29, 1.82) is 0 Å². The summed E-state index contributed by atoms with van der Waals surface area (Å²) >= 11 is 0. The van der Waals surface area contributed by atoms with E-state index < -0.39 is 0 Å². The Labute approximate surface area is 126 Å². The molecule has 0 amide bonds. The summed E-state index contributed by atoms with van der Waals surface area (Å²) in [6, 6.07) is 4.41. The summed E-state index contributed by atoms with van der Waals surface area (Å²) < 4.78 is 1.81. The molecule has 0 saturated carbocycles. The molecule has 2 aromatic heterocycles. The molecule has 0 aliphatic heterocycles. The van der Waals surface area contributed by atoms with Gasteiger partial charge in [0.05, 0.1) is 0 Å². The summed E-state index contributed by atoms with van der Waals surface area (Å²) in [5.74, 6) is 2.44. The highest BCUT2D eigenvalue weighted by Gasteiger charge is 2.13. The number of aromatic nitrogens is 4. The highest BCUT2D eigenvalue weighted by molar-refractivity contribution is 5.44. The van der Waals surface area contributed by atoms with Crippen LogP contribution in [-0.4, -0.2) is 51.4 Å². The Balaban J connectivity index is 2.08. The van der Waals surface area contributed by atoms with Crippen LogP contribution in [0, 0.1) is 5.92 Å². The van der Waals surface area contributed by atoms with Gasteiger partial charge in [0, 0.05) is 19.0 Å². The van der Waals surface area contributed by atoms with Gasteiger partial charge in [0.15, 0.2) is 11.5 Å². The van der Waals surface area contributed by atoms with Crippen LogP contribution in [0.1, 0.15) is 33.0 Å². The van der Waals surface area contributed by atoms with E-state index in [4.69, 9.17) is 0 Å². The standard InChI is InChI=1S/C15H26N6/c1-6-14-17-18-15-8-7-13(19-21(14)15)16-10-12(20(4)5)9-11(2)3/h7-8,11-12H,6,9-10H2,1-5H3,(H,16,19)/t12-/m1/s1. The molecular formula is C15H26N6. The molecule has 2 heterocycles. The molecule has 0 spiro atoms.